The fourth-order valence-corrected chi connectivity index (χ4v) is 4.85. The molecule has 0 bridgehead atoms. The largest absolute Gasteiger partial charge is 0.368 e. The van der Waals surface area contributed by atoms with Crippen molar-refractivity contribution in [2.75, 3.05) is 6.54 Å². The lowest BCUT2D eigenvalue weighted by atomic mass is 9.75. The minimum absolute atomic E-state index is 0.0725. The molecule has 28 heavy (non-hydrogen) atoms. The van der Waals surface area contributed by atoms with Crippen LogP contribution in [0.4, 0.5) is 0 Å². The molecule has 1 aliphatic carbocycles. The van der Waals surface area contributed by atoms with Crippen LogP contribution in [0.2, 0.25) is 0 Å². The second-order valence-corrected chi connectivity index (χ2v) is 9.66. The van der Waals surface area contributed by atoms with E-state index in [0.717, 1.165) is 41.9 Å². The van der Waals surface area contributed by atoms with Crippen LogP contribution in [-0.4, -0.2) is 39.7 Å². The summed E-state index contributed by atoms with van der Waals surface area (Å²) < 4.78 is 2.25. The van der Waals surface area contributed by atoms with Gasteiger partial charge in [-0.1, -0.05) is 27.7 Å². The standard InChI is InChI=1S/C22H33N3O3/c1-13(2)12-25-14(3)15(20-17(25)10-22(4,5)11-18(20)26)9-19(27)24-8-6-7-16(24)21(23)28/h13,16H,6-12H2,1-5H3,(H2,23,28)/t16-/m0/s1. The van der Waals surface area contributed by atoms with Gasteiger partial charge in [-0.15, -0.1) is 0 Å². The molecule has 0 spiro atoms. The molecule has 1 aliphatic heterocycles. The second kappa shape index (κ2) is 7.37. The molecule has 2 N–H and O–H groups in total. The molecule has 1 aromatic rings. The molecule has 1 atom stereocenters. The van der Waals surface area contributed by atoms with Crippen molar-refractivity contribution in [2.24, 2.45) is 17.1 Å². The smallest absolute Gasteiger partial charge is 0.240 e. The molecule has 6 heteroatoms. The zero-order valence-corrected chi connectivity index (χ0v) is 17.8. The molecular weight excluding hydrogens is 354 g/mol. The number of fused-ring (bicyclic) bond motifs is 1. The van der Waals surface area contributed by atoms with Crippen LogP contribution in [0.5, 0.6) is 0 Å². The van der Waals surface area contributed by atoms with Gasteiger partial charge in [0, 0.05) is 36.5 Å². The molecule has 2 aliphatic rings. The summed E-state index contributed by atoms with van der Waals surface area (Å²) in [4.78, 5) is 39.4. The van der Waals surface area contributed by atoms with Crippen LogP contribution in [0.1, 0.15) is 74.3 Å². The third-order valence-electron chi connectivity index (χ3n) is 6.10. The number of primary amides is 1. The predicted molar refractivity (Wildman–Crippen MR) is 108 cm³/mol. The first-order valence-electron chi connectivity index (χ1n) is 10.3. The van der Waals surface area contributed by atoms with Crippen LogP contribution in [0.25, 0.3) is 0 Å². The third kappa shape index (κ3) is 3.74. The summed E-state index contributed by atoms with van der Waals surface area (Å²) in [6.07, 6.45) is 2.91. The second-order valence-electron chi connectivity index (χ2n) is 9.66. The lowest BCUT2D eigenvalue weighted by molar-refractivity contribution is -0.136. The van der Waals surface area contributed by atoms with Crippen molar-refractivity contribution in [2.45, 2.75) is 79.3 Å². The molecule has 2 amide bonds. The predicted octanol–water partition coefficient (Wildman–Crippen LogP) is 2.63. The van der Waals surface area contributed by atoms with Gasteiger partial charge in [-0.25, -0.2) is 0 Å². The fourth-order valence-electron chi connectivity index (χ4n) is 4.85. The lowest BCUT2D eigenvalue weighted by Gasteiger charge is -2.30. The average molecular weight is 388 g/mol. The van der Waals surface area contributed by atoms with Gasteiger partial charge in [0.2, 0.25) is 11.8 Å². The van der Waals surface area contributed by atoms with E-state index in [1.54, 1.807) is 4.90 Å². The van der Waals surface area contributed by atoms with Crippen LogP contribution in [0.3, 0.4) is 0 Å². The van der Waals surface area contributed by atoms with Crippen LogP contribution in [-0.2, 0) is 29.0 Å². The molecule has 2 heterocycles. The van der Waals surface area contributed by atoms with E-state index < -0.39 is 11.9 Å². The zero-order chi connectivity index (χ0) is 20.8. The SMILES string of the molecule is Cc1c(CC(=O)N2CCC[C@H]2C(N)=O)c2c(n1CC(C)C)CC(C)(C)CC2=O. The highest BCUT2D eigenvalue weighted by Gasteiger charge is 2.38. The van der Waals surface area contributed by atoms with Gasteiger partial charge in [0.05, 0.1) is 6.42 Å². The Morgan fingerprint density at radius 1 is 1.25 bits per heavy atom. The molecule has 1 fully saturated rings. The van der Waals surface area contributed by atoms with E-state index in [-0.39, 0.29) is 23.5 Å². The van der Waals surface area contributed by atoms with Crippen molar-refractivity contribution in [3.63, 3.8) is 0 Å². The minimum atomic E-state index is -0.518. The monoisotopic (exact) mass is 387 g/mol. The number of nitrogens with two attached hydrogens (primary N) is 1. The van der Waals surface area contributed by atoms with Crippen molar-refractivity contribution in [3.8, 4) is 0 Å². The van der Waals surface area contributed by atoms with E-state index in [4.69, 9.17) is 5.73 Å². The van der Waals surface area contributed by atoms with Gasteiger partial charge < -0.3 is 15.2 Å². The Hall–Kier alpha value is -2.11. The number of nitrogens with zero attached hydrogens (tertiary/aromatic N) is 2. The van der Waals surface area contributed by atoms with Crippen LogP contribution in [0, 0.1) is 18.3 Å². The highest BCUT2D eigenvalue weighted by Crippen LogP contribution is 2.39. The minimum Gasteiger partial charge on any atom is -0.368 e. The summed E-state index contributed by atoms with van der Waals surface area (Å²) in [5, 5.41) is 0. The highest BCUT2D eigenvalue weighted by atomic mass is 16.2. The maximum Gasteiger partial charge on any atom is 0.240 e. The number of carbonyl (C=O) groups is 3. The van der Waals surface area contributed by atoms with E-state index in [9.17, 15) is 14.4 Å². The highest BCUT2D eigenvalue weighted by molar-refractivity contribution is 6.02. The van der Waals surface area contributed by atoms with E-state index >= 15 is 0 Å². The molecule has 3 rings (SSSR count). The average Bonchev–Trinajstić information content (AvgIpc) is 3.13. The number of rotatable bonds is 5. The number of Topliss-reactive ketones (excluding diaryl/α,β-unsaturated/α-hetero) is 1. The van der Waals surface area contributed by atoms with Gasteiger partial charge in [0.15, 0.2) is 5.78 Å². The van der Waals surface area contributed by atoms with Gasteiger partial charge in [0.1, 0.15) is 6.04 Å². The van der Waals surface area contributed by atoms with Crippen molar-refractivity contribution in [1.29, 1.82) is 0 Å². The lowest BCUT2D eigenvalue weighted by Crippen LogP contribution is -2.44. The first kappa shape index (κ1) is 20.6. The Morgan fingerprint density at radius 2 is 1.93 bits per heavy atom. The quantitative estimate of drug-likeness (QED) is 0.843. The van der Waals surface area contributed by atoms with Gasteiger partial charge in [0.25, 0.3) is 0 Å². The van der Waals surface area contributed by atoms with Crippen molar-refractivity contribution < 1.29 is 14.4 Å². The Labute approximate surface area is 167 Å². The maximum atomic E-state index is 13.0. The Morgan fingerprint density at radius 3 is 2.54 bits per heavy atom. The maximum absolute atomic E-state index is 13.0. The van der Waals surface area contributed by atoms with Gasteiger partial charge in [-0.3, -0.25) is 14.4 Å². The van der Waals surface area contributed by atoms with Gasteiger partial charge in [-0.05, 0) is 43.1 Å². The summed E-state index contributed by atoms with van der Waals surface area (Å²) in [6, 6.07) is -0.518. The summed E-state index contributed by atoms with van der Waals surface area (Å²) in [5.41, 5.74) is 9.08. The molecule has 0 radical (unpaired) electrons. The number of amides is 2. The summed E-state index contributed by atoms with van der Waals surface area (Å²) in [6.45, 7) is 12.0. The first-order chi connectivity index (χ1) is 13.0. The molecule has 6 nitrogen and oxygen atoms in total. The normalized spacial score (nSPS) is 21.3. The van der Waals surface area contributed by atoms with Crippen molar-refractivity contribution >= 4 is 17.6 Å². The molecule has 0 aromatic carbocycles. The van der Waals surface area contributed by atoms with E-state index in [0.29, 0.717) is 25.3 Å². The topological polar surface area (TPSA) is 85.4 Å². The van der Waals surface area contributed by atoms with Gasteiger partial charge in [-0.2, -0.15) is 0 Å². The summed E-state index contributed by atoms with van der Waals surface area (Å²) in [7, 11) is 0. The third-order valence-corrected chi connectivity index (χ3v) is 6.10. The molecule has 0 unspecified atom stereocenters. The Kier molecular flexibility index (Phi) is 5.43. The molecular formula is C22H33N3O3. The summed E-state index contributed by atoms with van der Waals surface area (Å²) >= 11 is 0. The van der Waals surface area contributed by atoms with E-state index in [1.807, 2.05) is 6.92 Å². The number of ketones is 1. The number of carbonyl (C=O) groups excluding carboxylic acids is 3. The molecule has 0 saturated carbocycles. The molecule has 154 valence electrons. The Balaban J connectivity index is 2.00. The van der Waals surface area contributed by atoms with Crippen LogP contribution in [0.15, 0.2) is 0 Å². The number of hydrogen-bond donors (Lipinski definition) is 1. The summed E-state index contributed by atoms with van der Waals surface area (Å²) in [5.74, 6) is 0.0237. The van der Waals surface area contributed by atoms with Crippen LogP contribution < -0.4 is 5.73 Å². The van der Waals surface area contributed by atoms with Crippen LogP contribution >= 0.6 is 0 Å². The van der Waals surface area contributed by atoms with E-state index in [2.05, 4.69) is 32.3 Å². The van der Waals surface area contributed by atoms with Gasteiger partial charge >= 0.3 is 0 Å². The van der Waals surface area contributed by atoms with Crippen molar-refractivity contribution in [1.82, 2.24) is 9.47 Å². The first-order valence-corrected chi connectivity index (χ1v) is 10.3. The number of likely N-dealkylation sites (tertiary alicyclic amines) is 1. The van der Waals surface area contributed by atoms with Crippen molar-refractivity contribution in [3.05, 3.63) is 22.5 Å². The van der Waals surface area contributed by atoms with E-state index in [1.165, 1.54) is 0 Å². The number of aromatic nitrogens is 1. The molecule has 1 aromatic heterocycles. The zero-order valence-electron chi connectivity index (χ0n) is 17.8. The Bertz CT molecular complexity index is 819. The fraction of sp³-hybridized carbons (Fsp3) is 0.682. The molecule has 1 saturated heterocycles. The number of hydrogen-bond acceptors (Lipinski definition) is 3.